The Kier molecular flexibility index (Phi) is 5.16. The summed E-state index contributed by atoms with van der Waals surface area (Å²) in [6.45, 7) is 0. The minimum absolute atomic E-state index is 0.169. The number of alkyl halides is 1. The first kappa shape index (κ1) is 15.0. The fraction of sp³-hybridized carbons (Fsp3) is 0.250. The molecule has 0 N–H and O–H groups in total. The van der Waals surface area contributed by atoms with Crippen LogP contribution in [0.4, 0.5) is 0 Å². The van der Waals surface area contributed by atoms with Crippen LogP contribution in [0, 0.1) is 0 Å². The standard InChI is InChI=1S/C16H16Cl2O2/c1-19-13-7-8-14(16(10-13)20-2)15(18)9-11-3-5-12(17)6-4-11/h3-8,10,15H,9H2,1-2H3. The van der Waals surface area contributed by atoms with Crippen molar-refractivity contribution in [1.29, 1.82) is 0 Å². The minimum Gasteiger partial charge on any atom is -0.497 e. The van der Waals surface area contributed by atoms with E-state index in [2.05, 4.69) is 0 Å². The molecule has 0 amide bonds. The van der Waals surface area contributed by atoms with E-state index in [0.29, 0.717) is 6.42 Å². The molecule has 0 aliphatic heterocycles. The molecule has 0 fully saturated rings. The van der Waals surface area contributed by atoms with Crippen LogP contribution in [-0.4, -0.2) is 14.2 Å². The summed E-state index contributed by atoms with van der Waals surface area (Å²) < 4.78 is 10.6. The monoisotopic (exact) mass is 310 g/mol. The quantitative estimate of drug-likeness (QED) is 0.733. The van der Waals surface area contributed by atoms with Gasteiger partial charge in [0.25, 0.3) is 0 Å². The van der Waals surface area contributed by atoms with E-state index in [1.54, 1.807) is 14.2 Å². The number of hydrogen-bond donors (Lipinski definition) is 0. The molecule has 2 aromatic carbocycles. The van der Waals surface area contributed by atoms with Crippen molar-refractivity contribution in [3.63, 3.8) is 0 Å². The molecule has 106 valence electrons. The third-order valence-electron chi connectivity index (χ3n) is 3.11. The maximum Gasteiger partial charge on any atom is 0.127 e. The summed E-state index contributed by atoms with van der Waals surface area (Å²) in [7, 11) is 3.25. The van der Waals surface area contributed by atoms with Gasteiger partial charge in [0.2, 0.25) is 0 Å². The Morgan fingerprint density at radius 1 is 1.00 bits per heavy atom. The molecule has 1 atom stereocenters. The summed E-state index contributed by atoms with van der Waals surface area (Å²) in [6, 6.07) is 13.4. The average Bonchev–Trinajstić information content (AvgIpc) is 2.48. The first-order valence-corrected chi connectivity index (χ1v) is 7.06. The predicted molar refractivity (Wildman–Crippen MR) is 83.3 cm³/mol. The summed E-state index contributed by atoms with van der Waals surface area (Å²) in [4.78, 5) is 0. The van der Waals surface area contributed by atoms with Gasteiger partial charge in [0.15, 0.2) is 0 Å². The van der Waals surface area contributed by atoms with E-state index in [0.717, 1.165) is 27.6 Å². The van der Waals surface area contributed by atoms with Crippen molar-refractivity contribution in [2.75, 3.05) is 14.2 Å². The largest absolute Gasteiger partial charge is 0.497 e. The van der Waals surface area contributed by atoms with Gasteiger partial charge in [0, 0.05) is 16.7 Å². The molecule has 20 heavy (non-hydrogen) atoms. The van der Waals surface area contributed by atoms with Crippen LogP contribution >= 0.6 is 23.2 Å². The van der Waals surface area contributed by atoms with E-state index in [1.807, 2.05) is 42.5 Å². The number of ether oxygens (including phenoxy) is 2. The van der Waals surface area contributed by atoms with Crippen molar-refractivity contribution < 1.29 is 9.47 Å². The molecule has 0 saturated carbocycles. The summed E-state index contributed by atoms with van der Waals surface area (Å²) in [6.07, 6.45) is 0.710. The fourth-order valence-electron chi connectivity index (χ4n) is 2.01. The van der Waals surface area contributed by atoms with Crippen molar-refractivity contribution in [2.45, 2.75) is 11.8 Å². The van der Waals surface area contributed by atoms with E-state index in [9.17, 15) is 0 Å². The highest BCUT2D eigenvalue weighted by molar-refractivity contribution is 6.30. The third kappa shape index (κ3) is 3.59. The normalized spacial score (nSPS) is 12.0. The number of hydrogen-bond acceptors (Lipinski definition) is 2. The molecular formula is C16H16Cl2O2. The smallest absolute Gasteiger partial charge is 0.127 e. The molecule has 0 heterocycles. The maximum atomic E-state index is 6.51. The van der Waals surface area contributed by atoms with Crippen LogP contribution < -0.4 is 9.47 Å². The van der Waals surface area contributed by atoms with E-state index < -0.39 is 0 Å². The topological polar surface area (TPSA) is 18.5 Å². The molecule has 0 aliphatic carbocycles. The van der Waals surface area contributed by atoms with Crippen LogP contribution in [0.5, 0.6) is 11.5 Å². The molecule has 4 heteroatoms. The molecule has 2 nitrogen and oxygen atoms in total. The van der Waals surface area contributed by atoms with E-state index in [4.69, 9.17) is 32.7 Å². The fourth-order valence-corrected chi connectivity index (χ4v) is 2.50. The van der Waals surface area contributed by atoms with Crippen molar-refractivity contribution in [1.82, 2.24) is 0 Å². The van der Waals surface area contributed by atoms with Gasteiger partial charge in [-0.3, -0.25) is 0 Å². The lowest BCUT2D eigenvalue weighted by atomic mass is 10.0. The Morgan fingerprint density at radius 3 is 2.30 bits per heavy atom. The Balaban J connectivity index is 2.20. The van der Waals surface area contributed by atoms with Crippen LogP contribution in [0.15, 0.2) is 42.5 Å². The second kappa shape index (κ2) is 6.87. The number of rotatable bonds is 5. The van der Waals surface area contributed by atoms with Gasteiger partial charge in [-0.1, -0.05) is 29.8 Å². The van der Waals surface area contributed by atoms with Gasteiger partial charge in [0.05, 0.1) is 19.6 Å². The molecule has 0 bridgehead atoms. The highest BCUT2D eigenvalue weighted by Crippen LogP contribution is 2.35. The zero-order valence-corrected chi connectivity index (χ0v) is 12.9. The number of methoxy groups -OCH3 is 2. The molecule has 0 saturated heterocycles. The Morgan fingerprint density at radius 2 is 1.70 bits per heavy atom. The van der Waals surface area contributed by atoms with Crippen molar-refractivity contribution in [3.05, 3.63) is 58.6 Å². The predicted octanol–water partition coefficient (Wildman–Crippen LogP) is 4.88. The van der Waals surface area contributed by atoms with Gasteiger partial charge in [-0.15, -0.1) is 11.6 Å². The van der Waals surface area contributed by atoms with Gasteiger partial charge >= 0.3 is 0 Å². The molecule has 0 aromatic heterocycles. The van der Waals surface area contributed by atoms with Crippen molar-refractivity contribution in [3.8, 4) is 11.5 Å². The molecule has 0 aliphatic rings. The van der Waals surface area contributed by atoms with Crippen molar-refractivity contribution in [2.24, 2.45) is 0 Å². The number of benzene rings is 2. The Bertz CT molecular complexity index is 567. The summed E-state index contributed by atoms with van der Waals surface area (Å²) >= 11 is 12.4. The van der Waals surface area contributed by atoms with Gasteiger partial charge in [-0.05, 0) is 30.2 Å². The molecule has 0 spiro atoms. The van der Waals surface area contributed by atoms with Crippen LogP contribution in [0.2, 0.25) is 5.02 Å². The van der Waals surface area contributed by atoms with Gasteiger partial charge in [0.1, 0.15) is 11.5 Å². The lowest BCUT2D eigenvalue weighted by Crippen LogP contribution is -2.00. The molecule has 0 radical (unpaired) electrons. The zero-order chi connectivity index (χ0) is 14.5. The lowest BCUT2D eigenvalue weighted by molar-refractivity contribution is 0.390. The highest BCUT2D eigenvalue weighted by Gasteiger charge is 2.15. The van der Waals surface area contributed by atoms with Crippen molar-refractivity contribution >= 4 is 23.2 Å². The lowest BCUT2D eigenvalue weighted by Gasteiger charge is -2.15. The number of halogens is 2. The zero-order valence-electron chi connectivity index (χ0n) is 11.4. The highest BCUT2D eigenvalue weighted by atomic mass is 35.5. The first-order valence-electron chi connectivity index (χ1n) is 6.24. The van der Waals surface area contributed by atoms with Gasteiger partial charge in [-0.25, -0.2) is 0 Å². The van der Waals surface area contributed by atoms with E-state index >= 15 is 0 Å². The second-order valence-corrected chi connectivity index (χ2v) is 5.37. The summed E-state index contributed by atoms with van der Waals surface area (Å²) in [5.41, 5.74) is 2.08. The molecule has 2 aromatic rings. The summed E-state index contributed by atoms with van der Waals surface area (Å²) in [5.74, 6) is 1.49. The maximum absolute atomic E-state index is 6.51. The molecular weight excluding hydrogens is 295 g/mol. The SMILES string of the molecule is COc1ccc(C(Cl)Cc2ccc(Cl)cc2)c(OC)c1. The van der Waals surface area contributed by atoms with Gasteiger partial charge in [-0.2, -0.15) is 0 Å². The van der Waals surface area contributed by atoms with Crippen LogP contribution in [0.1, 0.15) is 16.5 Å². The van der Waals surface area contributed by atoms with E-state index in [-0.39, 0.29) is 5.38 Å². The Hall–Kier alpha value is -1.38. The second-order valence-electron chi connectivity index (χ2n) is 4.41. The summed E-state index contributed by atoms with van der Waals surface area (Å²) in [5, 5.41) is 0.555. The minimum atomic E-state index is -0.169. The van der Waals surface area contributed by atoms with Gasteiger partial charge < -0.3 is 9.47 Å². The molecule has 1 unspecified atom stereocenters. The average molecular weight is 311 g/mol. The van der Waals surface area contributed by atoms with Crippen LogP contribution in [-0.2, 0) is 6.42 Å². The van der Waals surface area contributed by atoms with Crippen LogP contribution in [0.25, 0.3) is 0 Å². The van der Waals surface area contributed by atoms with E-state index in [1.165, 1.54) is 0 Å². The molecule has 2 rings (SSSR count). The van der Waals surface area contributed by atoms with Crippen LogP contribution in [0.3, 0.4) is 0 Å². The Labute approximate surface area is 129 Å². The third-order valence-corrected chi connectivity index (χ3v) is 3.75. The first-order chi connectivity index (χ1) is 9.63.